The molecule has 1 unspecified atom stereocenters. The lowest BCUT2D eigenvalue weighted by Crippen LogP contribution is -2.42. The van der Waals surface area contributed by atoms with E-state index >= 15 is 0 Å². The molecule has 1 aliphatic rings. The number of amides is 1. The summed E-state index contributed by atoms with van der Waals surface area (Å²) in [5.74, 6) is 0.806. The van der Waals surface area contributed by atoms with Crippen molar-refractivity contribution in [2.24, 2.45) is 0 Å². The maximum absolute atomic E-state index is 12.6. The van der Waals surface area contributed by atoms with Crippen molar-refractivity contribution in [3.63, 3.8) is 0 Å². The first-order valence-electron chi connectivity index (χ1n) is 7.91. The molecule has 1 amide bonds. The van der Waals surface area contributed by atoms with E-state index in [2.05, 4.69) is 6.92 Å². The Morgan fingerprint density at radius 3 is 2.71 bits per heavy atom. The molecule has 1 saturated heterocycles. The highest BCUT2D eigenvalue weighted by molar-refractivity contribution is 5.94. The van der Waals surface area contributed by atoms with Gasteiger partial charge in [0, 0.05) is 12.1 Å². The predicted octanol–water partition coefficient (Wildman–Crippen LogP) is 2.85. The second-order valence-electron chi connectivity index (χ2n) is 5.56. The number of ether oxygens (including phenoxy) is 1. The van der Waals surface area contributed by atoms with Crippen LogP contribution < -0.4 is 4.74 Å². The Labute approximate surface area is 126 Å². The first-order chi connectivity index (χ1) is 10.3. The molecule has 0 aromatic heterocycles. The van der Waals surface area contributed by atoms with Gasteiger partial charge in [-0.3, -0.25) is 4.79 Å². The Morgan fingerprint density at radius 1 is 1.29 bits per heavy atom. The number of carbonyl (C=O) groups is 1. The maximum Gasteiger partial charge on any atom is 0.254 e. The van der Waals surface area contributed by atoms with Crippen LogP contribution in [0.5, 0.6) is 5.75 Å². The standard InChI is InChI=1S/C17H25NO3/c1-2-12-21-16-9-7-14(8-10-16)17(20)18-11-5-3-4-6-15(18)13-19/h7-10,15,19H,2-6,11-13H2,1H3. The average Bonchev–Trinajstić information content (AvgIpc) is 2.78. The zero-order chi connectivity index (χ0) is 15.1. The number of hydrogen-bond acceptors (Lipinski definition) is 3. The van der Waals surface area contributed by atoms with Crippen LogP contribution in [0.3, 0.4) is 0 Å². The van der Waals surface area contributed by atoms with Crippen LogP contribution in [0.4, 0.5) is 0 Å². The molecule has 0 spiro atoms. The van der Waals surface area contributed by atoms with Crippen molar-refractivity contribution in [3.05, 3.63) is 29.8 Å². The van der Waals surface area contributed by atoms with Gasteiger partial charge in [0.25, 0.3) is 5.91 Å². The van der Waals surface area contributed by atoms with Crippen molar-refractivity contribution in [1.29, 1.82) is 0 Å². The molecule has 1 fully saturated rings. The smallest absolute Gasteiger partial charge is 0.254 e. The van der Waals surface area contributed by atoms with Gasteiger partial charge in [0.2, 0.25) is 0 Å². The van der Waals surface area contributed by atoms with Crippen molar-refractivity contribution < 1.29 is 14.6 Å². The summed E-state index contributed by atoms with van der Waals surface area (Å²) >= 11 is 0. The number of carbonyl (C=O) groups excluding carboxylic acids is 1. The first-order valence-corrected chi connectivity index (χ1v) is 7.91. The fourth-order valence-electron chi connectivity index (χ4n) is 2.71. The third-order valence-corrected chi connectivity index (χ3v) is 3.92. The SMILES string of the molecule is CCCOc1ccc(C(=O)N2CCCCCC2CO)cc1. The topological polar surface area (TPSA) is 49.8 Å². The van der Waals surface area contributed by atoms with E-state index in [1.165, 1.54) is 0 Å². The van der Waals surface area contributed by atoms with Crippen LogP contribution in [-0.2, 0) is 0 Å². The highest BCUT2D eigenvalue weighted by atomic mass is 16.5. The Morgan fingerprint density at radius 2 is 2.05 bits per heavy atom. The summed E-state index contributed by atoms with van der Waals surface area (Å²) in [6.45, 7) is 3.53. The quantitative estimate of drug-likeness (QED) is 0.907. The van der Waals surface area contributed by atoms with Gasteiger partial charge in [-0.2, -0.15) is 0 Å². The van der Waals surface area contributed by atoms with E-state index in [1.54, 1.807) is 0 Å². The zero-order valence-electron chi connectivity index (χ0n) is 12.8. The molecule has 1 aromatic rings. The molecule has 1 atom stereocenters. The van der Waals surface area contributed by atoms with Gasteiger partial charge in [0.1, 0.15) is 5.75 Å². The van der Waals surface area contributed by atoms with Gasteiger partial charge in [0.05, 0.1) is 19.3 Å². The number of likely N-dealkylation sites (tertiary alicyclic amines) is 1. The minimum absolute atomic E-state index is 0.0120. The van der Waals surface area contributed by atoms with Crippen LogP contribution in [0.15, 0.2) is 24.3 Å². The molecular weight excluding hydrogens is 266 g/mol. The first kappa shape index (κ1) is 15.8. The monoisotopic (exact) mass is 291 g/mol. The molecule has 4 nitrogen and oxygen atoms in total. The van der Waals surface area contributed by atoms with Gasteiger partial charge >= 0.3 is 0 Å². The Bertz CT molecular complexity index is 444. The number of benzene rings is 1. The number of aliphatic hydroxyl groups excluding tert-OH is 1. The van der Waals surface area contributed by atoms with Crippen molar-refractivity contribution >= 4 is 5.91 Å². The summed E-state index contributed by atoms with van der Waals surface area (Å²) in [6, 6.07) is 7.26. The van der Waals surface area contributed by atoms with Crippen molar-refractivity contribution in [2.45, 2.75) is 45.1 Å². The van der Waals surface area contributed by atoms with E-state index in [4.69, 9.17) is 4.74 Å². The lowest BCUT2D eigenvalue weighted by atomic mass is 10.1. The van der Waals surface area contributed by atoms with Crippen LogP contribution in [0.2, 0.25) is 0 Å². The molecule has 116 valence electrons. The van der Waals surface area contributed by atoms with E-state index in [9.17, 15) is 9.90 Å². The predicted molar refractivity (Wildman–Crippen MR) is 82.6 cm³/mol. The normalized spacial score (nSPS) is 19.1. The molecule has 0 aliphatic carbocycles. The van der Waals surface area contributed by atoms with Crippen LogP contribution in [0.25, 0.3) is 0 Å². The number of aliphatic hydroxyl groups is 1. The molecule has 21 heavy (non-hydrogen) atoms. The lowest BCUT2D eigenvalue weighted by Gasteiger charge is -2.28. The highest BCUT2D eigenvalue weighted by Crippen LogP contribution is 2.20. The average molecular weight is 291 g/mol. The molecule has 2 rings (SSSR count). The second-order valence-corrected chi connectivity index (χ2v) is 5.56. The van der Waals surface area contributed by atoms with Crippen molar-refractivity contribution in [3.8, 4) is 5.75 Å². The largest absolute Gasteiger partial charge is 0.494 e. The molecule has 4 heteroatoms. The molecule has 0 radical (unpaired) electrons. The van der Waals surface area contributed by atoms with Crippen LogP contribution in [0.1, 0.15) is 49.4 Å². The Kier molecular flexibility index (Phi) is 6.05. The molecule has 1 N–H and O–H groups in total. The molecule has 0 saturated carbocycles. The van der Waals surface area contributed by atoms with Gasteiger partial charge in [0.15, 0.2) is 0 Å². The fourth-order valence-corrected chi connectivity index (χ4v) is 2.71. The lowest BCUT2D eigenvalue weighted by molar-refractivity contribution is 0.0600. The summed E-state index contributed by atoms with van der Waals surface area (Å²) in [7, 11) is 0. The van der Waals surface area contributed by atoms with E-state index < -0.39 is 0 Å². The van der Waals surface area contributed by atoms with E-state index in [0.717, 1.165) is 44.4 Å². The van der Waals surface area contributed by atoms with Gasteiger partial charge in [-0.25, -0.2) is 0 Å². The summed E-state index contributed by atoms with van der Waals surface area (Å²) in [5, 5.41) is 9.51. The number of hydrogen-bond donors (Lipinski definition) is 1. The highest BCUT2D eigenvalue weighted by Gasteiger charge is 2.25. The van der Waals surface area contributed by atoms with Crippen LogP contribution >= 0.6 is 0 Å². The van der Waals surface area contributed by atoms with Crippen molar-refractivity contribution in [2.75, 3.05) is 19.8 Å². The Balaban J connectivity index is 2.06. The summed E-state index contributed by atoms with van der Waals surface area (Å²) < 4.78 is 5.53. The molecule has 1 aromatic carbocycles. The van der Waals surface area contributed by atoms with E-state index in [-0.39, 0.29) is 18.6 Å². The van der Waals surface area contributed by atoms with E-state index in [1.807, 2.05) is 29.2 Å². The van der Waals surface area contributed by atoms with E-state index in [0.29, 0.717) is 12.2 Å². The van der Waals surface area contributed by atoms with Gasteiger partial charge in [-0.05, 0) is 43.5 Å². The number of nitrogens with zero attached hydrogens (tertiary/aromatic N) is 1. The summed E-state index contributed by atoms with van der Waals surface area (Å²) in [4.78, 5) is 14.4. The van der Waals surface area contributed by atoms with Crippen molar-refractivity contribution in [1.82, 2.24) is 4.90 Å². The molecular formula is C17H25NO3. The molecule has 1 aliphatic heterocycles. The van der Waals surface area contributed by atoms with Gasteiger partial charge < -0.3 is 14.7 Å². The minimum Gasteiger partial charge on any atom is -0.494 e. The van der Waals surface area contributed by atoms with Crippen LogP contribution in [-0.4, -0.2) is 41.7 Å². The second kappa shape index (κ2) is 8.03. The maximum atomic E-state index is 12.6. The number of rotatable bonds is 5. The van der Waals surface area contributed by atoms with Gasteiger partial charge in [-0.15, -0.1) is 0 Å². The fraction of sp³-hybridized carbons (Fsp3) is 0.588. The third-order valence-electron chi connectivity index (χ3n) is 3.92. The van der Waals surface area contributed by atoms with Crippen LogP contribution in [0, 0.1) is 0 Å². The van der Waals surface area contributed by atoms with Gasteiger partial charge in [-0.1, -0.05) is 19.8 Å². The third kappa shape index (κ3) is 4.21. The summed E-state index contributed by atoms with van der Waals surface area (Å²) in [5.41, 5.74) is 0.666. The molecule has 0 bridgehead atoms. The summed E-state index contributed by atoms with van der Waals surface area (Å²) in [6.07, 6.45) is 5.08. The minimum atomic E-state index is -0.0454. The zero-order valence-corrected chi connectivity index (χ0v) is 12.8. The Hall–Kier alpha value is -1.55. The molecule has 1 heterocycles.